The monoisotopic (exact) mass is 332 g/mol. The molecule has 2 aromatic rings. The van der Waals surface area contributed by atoms with E-state index < -0.39 is 5.60 Å². The molecule has 4 rings (SSSR count). The first-order valence-corrected chi connectivity index (χ1v) is 8.73. The average molecular weight is 332 g/mol. The van der Waals surface area contributed by atoms with Gasteiger partial charge in [-0.2, -0.15) is 4.98 Å². The third-order valence-electron chi connectivity index (χ3n) is 4.85. The molecule has 1 saturated heterocycles. The lowest BCUT2D eigenvalue weighted by Crippen LogP contribution is -2.46. The van der Waals surface area contributed by atoms with Crippen molar-refractivity contribution in [2.75, 3.05) is 13.1 Å². The van der Waals surface area contributed by atoms with Gasteiger partial charge in [-0.15, -0.1) is 5.10 Å². The molecule has 1 aliphatic heterocycles. The van der Waals surface area contributed by atoms with E-state index in [0.29, 0.717) is 37.0 Å². The van der Waals surface area contributed by atoms with Crippen LogP contribution in [0.3, 0.4) is 0 Å². The zero-order chi connectivity index (χ0) is 16.7. The summed E-state index contributed by atoms with van der Waals surface area (Å²) in [4.78, 5) is 6.64. The zero-order valence-electron chi connectivity index (χ0n) is 14.2. The Morgan fingerprint density at radius 3 is 2.96 bits per heavy atom. The number of hydrogen-bond donors (Lipinski definition) is 1. The van der Waals surface area contributed by atoms with Crippen LogP contribution in [0.25, 0.3) is 0 Å². The molecule has 0 spiro atoms. The first kappa shape index (κ1) is 15.7. The molecule has 2 aliphatic rings. The Hall–Kier alpha value is -1.80. The molecule has 1 N–H and O–H groups in total. The first-order valence-electron chi connectivity index (χ1n) is 8.73. The molecule has 0 radical (unpaired) electrons. The minimum Gasteiger partial charge on any atom is -0.382 e. The van der Waals surface area contributed by atoms with Gasteiger partial charge in [-0.1, -0.05) is 10.4 Å². The number of aliphatic hydroxyl groups is 1. The summed E-state index contributed by atoms with van der Waals surface area (Å²) < 4.78 is 7.15. The predicted octanol–water partition coefficient (Wildman–Crippen LogP) is 1.60. The lowest BCUT2D eigenvalue weighted by Gasteiger charge is -2.37. The van der Waals surface area contributed by atoms with Crippen molar-refractivity contribution < 1.29 is 9.63 Å². The van der Waals surface area contributed by atoms with Crippen molar-refractivity contribution in [1.29, 1.82) is 0 Å². The number of nitrogens with zero attached hydrogens (tertiary/aromatic N) is 6. The summed E-state index contributed by atoms with van der Waals surface area (Å²) in [6, 6.07) is 0.230. The summed E-state index contributed by atoms with van der Waals surface area (Å²) in [6.07, 6.45) is 5.76. The molecule has 2 aromatic heterocycles. The van der Waals surface area contributed by atoms with Gasteiger partial charge in [-0.25, -0.2) is 4.68 Å². The maximum Gasteiger partial charge on any atom is 0.240 e. The van der Waals surface area contributed by atoms with Gasteiger partial charge in [0.05, 0.1) is 12.7 Å². The number of β-amino-alcohol motifs (C(OH)–C–C–N with tert-alkyl or cyclic N) is 1. The van der Waals surface area contributed by atoms with E-state index in [2.05, 4.69) is 25.4 Å². The van der Waals surface area contributed by atoms with Crippen LogP contribution in [-0.4, -0.2) is 48.2 Å². The SMILES string of the molecule is CC(C)n1cc([C@@]2(O)CCCN(Cc3nc(C4CC4)no3)C2)nn1. The maximum absolute atomic E-state index is 11.1. The molecule has 0 unspecified atom stereocenters. The van der Waals surface area contributed by atoms with E-state index in [0.717, 1.165) is 31.6 Å². The summed E-state index contributed by atoms with van der Waals surface area (Å²) in [7, 11) is 0. The quantitative estimate of drug-likeness (QED) is 0.889. The van der Waals surface area contributed by atoms with E-state index in [-0.39, 0.29) is 6.04 Å². The Balaban J connectivity index is 1.45. The molecule has 3 heterocycles. The fourth-order valence-electron chi connectivity index (χ4n) is 3.24. The van der Waals surface area contributed by atoms with Crippen LogP contribution < -0.4 is 0 Å². The normalized spacial score (nSPS) is 25.5. The van der Waals surface area contributed by atoms with Crippen molar-refractivity contribution >= 4 is 0 Å². The second kappa shape index (κ2) is 5.93. The molecule has 24 heavy (non-hydrogen) atoms. The lowest BCUT2D eigenvalue weighted by atomic mass is 9.90. The summed E-state index contributed by atoms with van der Waals surface area (Å²) in [5, 5.41) is 23.4. The largest absolute Gasteiger partial charge is 0.382 e. The number of aromatic nitrogens is 5. The third-order valence-corrected chi connectivity index (χ3v) is 4.85. The molecule has 0 bridgehead atoms. The second-order valence-corrected chi connectivity index (χ2v) is 7.34. The van der Waals surface area contributed by atoms with Crippen molar-refractivity contribution in [2.24, 2.45) is 0 Å². The van der Waals surface area contributed by atoms with E-state index >= 15 is 0 Å². The molecular formula is C16H24N6O2. The van der Waals surface area contributed by atoms with Crippen LogP contribution in [0.4, 0.5) is 0 Å². The minimum absolute atomic E-state index is 0.230. The molecule has 0 amide bonds. The smallest absolute Gasteiger partial charge is 0.240 e. The van der Waals surface area contributed by atoms with Crippen molar-refractivity contribution in [1.82, 2.24) is 30.0 Å². The topological polar surface area (TPSA) is 93.1 Å². The fraction of sp³-hybridized carbons (Fsp3) is 0.750. The van der Waals surface area contributed by atoms with Crippen LogP contribution in [0.2, 0.25) is 0 Å². The standard InChI is InChI=1S/C16H24N6O2/c1-11(2)22-8-13(18-20-22)16(23)6-3-7-21(10-16)9-14-17-15(19-24-14)12-4-5-12/h8,11-12,23H,3-7,9-10H2,1-2H3/t16-/m1/s1. The minimum atomic E-state index is -0.968. The van der Waals surface area contributed by atoms with Crippen LogP contribution in [-0.2, 0) is 12.1 Å². The Morgan fingerprint density at radius 1 is 1.42 bits per heavy atom. The Bertz CT molecular complexity index is 707. The summed E-state index contributed by atoms with van der Waals surface area (Å²) in [5.41, 5.74) is -0.324. The molecule has 1 saturated carbocycles. The molecular weight excluding hydrogens is 308 g/mol. The lowest BCUT2D eigenvalue weighted by molar-refractivity contribution is -0.0436. The number of hydrogen-bond acceptors (Lipinski definition) is 7. The van der Waals surface area contributed by atoms with Gasteiger partial charge in [0.15, 0.2) is 5.82 Å². The van der Waals surface area contributed by atoms with Gasteiger partial charge in [0.2, 0.25) is 5.89 Å². The second-order valence-electron chi connectivity index (χ2n) is 7.34. The van der Waals surface area contributed by atoms with Crippen LogP contribution >= 0.6 is 0 Å². The highest BCUT2D eigenvalue weighted by atomic mass is 16.5. The summed E-state index contributed by atoms with van der Waals surface area (Å²) in [6.45, 7) is 6.07. The molecule has 1 atom stereocenters. The maximum atomic E-state index is 11.1. The Kier molecular flexibility index (Phi) is 3.88. The highest BCUT2D eigenvalue weighted by Gasteiger charge is 2.38. The molecule has 2 fully saturated rings. The highest BCUT2D eigenvalue weighted by molar-refractivity contribution is 5.10. The number of rotatable bonds is 5. The van der Waals surface area contributed by atoms with E-state index in [1.165, 1.54) is 0 Å². The van der Waals surface area contributed by atoms with Crippen molar-refractivity contribution in [2.45, 2.75) is 63.6 Å². The van der Waals surface area contributed by atoms with Crippen molar-refractivity contribution in [3.05, 3.63) is 23.6 Å². The molecule has 130 valence electrons. The molecule has 0 aromatic carbocycles. The van der Waals surface area contributed by atoms with Gasteiger partial charge in [0.25, 0.3) is 0 Å². The first-order chi connectivity index (χ1) is 11.5. The summed E-state index contributed by atoms with van der Waals surface area (Å²) >= 11 is 0. The van der Waals surface area contributed by atoms with E-state index in [9.17, 15) is 5.11 Å². The van der Waals surface area contributed by atoms with Crippen molar-refractivity contribution in [3.8, 4) is 0 Å². The van der Waals surface area contributed by atoms with E-state index in [1.807, 2.05) is 20.0 Å². The Labute approximate surface area is 140 Å². The van der Waals surface area contributed by atoms with Gasteiger partial charge in [0, 0.05) is 18.5 Å². The van der Waals surface area contributed by atoms with Gasteiger partial charge in [-0.05, 0) is 46.1 Å². The van der Waals surface area contributed by atoms with Crippen LogP contribution in [0.5, 0.6) is 0 Å². The van der Waals surface area contributed by atoms with E-state index in [4.69, 9.17) is 4.52 Å². The summed E-state index contributed by atoms with van der Waals surface area (Å²) in [5.74, 6) is 1.95. The van der Waals surface area contributed by atoms with Crippen molar-refractivity contribution in [3.63, 3.8) is 0 Å². The van der Waals surface area contributed by atoms with Gasteiger partial charge >= 0.3 is 0 Å². The average Bonchev–Trinajstić information content (AvgIpc) is 3.08. The fourth-order valence-corrected chi connectivity index (χ4v) is 3.24. The van der Waals surface area contributed by atoms with Gasteiger partial charge in [-0.3, -0.25) is 4.90 Å². The van der Waals surface area contributed by atoms with Gasteiger partial charge < -0.3 is 9.63 Å². The number of likely N-dealkylation sites (tertiary alicyclic amines) is 1. The predicted molar refractivity (Wildman–Crippen MR) is 85.1 cm³/mol. The molecule has 8 nitrogen and oxygen atoms in total. The molecule has 1 aliphatic carbocycles. The third kappa shape index (κ3) is 3.08. The van der Waals surface area contributed by atoms with Crippen LogP contribution in [0.1, 0.15) is 68.9 Å². The van der Waals surface area contributed by atoms with Crippen LogP contribution in [0, 0.1) is 0 Å². The van der Waals surface area contributed by atoms with E-state index in [1.54, 1.807) is 4.68 Å². The Morgan fingerprint density at radius 2 is 2.25 bits per heavy atom. The molecule has 8 heteroatoms. The zero-order valence-corrected chi connectivity index (χ0v) is 14.2. The highest BCUT2D eigenvalue weighted by Crippen LogP contribution is 2.38. The number of piperidine rings is 1. The van der Waals surface area contributed by atoms with Gasteiger partial charge in [0.1, 0.15) is 11.3 Å². The van der Waals surface area contributed by atoms with Crippen LogP contribution in [0.15, 0.2) is 10.7 Å².